The molecule has 5 heteroatoms. The molecule has 0 unspecified atom stereocenters. The van der Waals surface area contributed by atoms with Crippen LogP contribution in [0.25, 0.3) is 5.69 Å². The molecule has 2 N–H and O–H groups in total. The van der Waals surface area contributed by atoms with Crippen molar-refractivity contribution in [2.75, 3.05) is 5.32 Å². The summed E-state index contributed by atoms with van der Waals surface area (Å²) in [5.74, 6) is -1.27. The molecule has 0 saturated carbocycles. The van der Waals surface area contributed by atoms with Crippen LogP contribution < -0.4 is 5.32 Å². The Balaban J connectivity index is 2.03. The predicted molar refractivity (Wildman–Crippen MR) is 71.3 cm³/mol. The van der Waals surface area contributed by atoms with E-state index >= 15 is 0 Å². The Bertz CT molecular complexity index is 576. The number of benzene rings is 1. The molecular formula is C14H14N2O3. The topological polar surface area (TPSA) is 71.3 Å². The molecule has 0 saturated heterocycles. The highest BCUT2D eigenvalue weighted by atomic mass is 16.4. The van der Waals surface area contributed by atoms with Crippen molar-refractivity contribution in [3.8, 4) is 5.69 Å². The summed E-state index contributed by atoms with van der Waals surface area (Å²) in [6, 6.07) is 11.2. The minimum atomic E-state index is -0.976. The molecule has 2 aromatic rings. The molecule has 98 valence electrons. The number of carboxylic acids is 1. The van der Waals surface area contributed by atoms with Crippen LogP contribution in [0.5, 0.6) is 0 Å². The molecule has 0 spiro atoms. The standard InChI is InChI=1S/C14H14N2O3/c17-13(6-7-14(18)19)15-11-4-3-5-12(10-11)16-8-1-2-9-16/h1-5,8-10H,6-7H2,(H,15,17)(H,18,19). The third kappa shape index (κ3) is 3.70. The summed E-state index contributed by atoms with van der Waals surface area (Å²) in [7, 11) is 0. The van der Waals surface area contributed by atoms with Crippen LogP contribution in [0, 0.1) is 0 Å². The lowest BCUT2D eigenvalue weighted by Crippen LogP contribution is -2.13. The predicted octanol–water partition coefficient (Wildman–Crippen LogP) is 2.28. The second kappa shape index (κ2) is 5.86. The van der Waals surface area contributed by atoms with Gasteiger partial charge in [0, 0.05) is 30.2 Å². The van der Waals surface area contributed by atoms with Crippen molar-refractivity contribution in [3.05, 3.63) is 48.8 Å². The maximum atomic E-state index is 11.5. The summed E-state index contributed by atoms with van der Waals surface area (Å²) in [6.45, 7) is 0. The highest BCUT2D eigenvalue weighted by Crippen LogP contribution is 2.15. The lowest BCUT2D eigenvalue weighted by molar-refractivity contribution is -0.138. The molecule has 0 aliphatic carbocycles. The van der Waals surface area contributed by atoms with Gasteiger partial charge in [-0.2, -0.15) is 0 Å². The first-order valence-corrected chi connectivity index (χ1v) is 5.90. The van der Waals surface area contributed by atoms with E-state index in [0.29, 0.717) is 5.69 Å². The zero-order valence-corrected chi connectivity index (χ0v) is 10.2. The van der Waals surface area contributed by atoms with Gasteiger partial charge in [0.25, 0.3) is 0 Å². The summed E-state index contributed by atoms with van der Waals surface area (Å²) in [6.07, 6.45) is 3.63. The molecule has 0 aliphatic rings. The van der Waals surface area contributed by atoms with Crippen LogP contribution in [0.15, 0.2) is 48.8 Å². The van der Waals surface area contributed by atoms with Crippen molar-refractivity contribution < 1.29 is 14.7 Å². The maximum Gasteiger partial charge on any atom is 0.303 e. The Morgan fingerprint density at radius 2 is 1.84 bits per heavy atom. The fourth-order valence-corrected chi connectivity index (χ4v) is 1.69. The quantitative estimate of drug-likeness (QED) is 0.864. The second-order valence-electron chi connectivity index (χ2n) is 4.08. The first-order chi connectivity index (χ1) is 9.15. The van der Waals surface area contributed by atoms with Gasteiger partial charge in [-0.05, 0) is 30.3 Å². The van der Waals surface area contributed by atoms with E-state index in [4.69, 9.17) is 5.11 Å². The zero-order chi connectivity index (χ0) is 13.7. The first kappa shape index (κ1) is 12.9. The van der Waals surface area contributed by atoms with Crippen LogP contribution in [0.4, 0.5) is 5.69 Å². The number of aliphatic carboxylic acids is 1. The number of hydrogen-bond donors (Lipinski definition) is 2. The van der Waals surface area contributed by atoms with E-state index in [1.807, 2.05) is 47.3 Å². The van der Waals surface area contributed by atoms with E-state index in [9.17, 15) is 9.59 Å². The molecular weight excluding hydrogens is 244 g/mol. The van der Waals surface area contributed by atoms with Crippen molar-refractivity contribution in [3.63, 3.8) is 0 Å². The highest BCUT2D eigenvalue weighted by Gasteiger charge is 2.06. The van der Waals surface area contributed by atoms with Gasteiger partial charge in [-0.15, -0.1) is 0 Å². The third-order valence-corrected chi connectivity index (χ3v) is 2.60. The largest absolute Gasteiger partial charge is 0.481 e. The van der Waals surface area contributed by atoms with Gasteiger partial charge in [-0.1, -0.05) is 6.07 Å². The Hall–Kier alpha value is -2.56. The number of anilines is 1. The minimum absolute atomic E-state index is 0.0247. The molecule has 1 aromatic heterocycles. The van der Waals surface area contributed by atoms with Gasteiger partial charge in [-0.25, -0.2) is 0 Å². The van der Waals surface area contributed by atoms with Gasteiger partial charge in [0.05, 0.1) is 6.42 Å². The second-order valence-corrected chi connectivity index (χ2v) is 4.08. The molecule has 1 amide bonds. The fraction of sp³-hybridized carbons (Fsp3) is 0.143. The maximum absolute atomic E-state index is 11.5. The summed E-state index contributed by atoms with van der Waals surface area (Å²) < 4.78 is 1.92. The lowest BCUT2D eigenvalue weighted by Gasteiger charge is -2.07. The van der Waals surface area contributed by atoms with Crippen molar-refractivity contribution in [2.45, 2.75) is 12.8 Å². The average Bonchev–Trinajstić information content (AvgIpc) is 2.90. The molecule has 0 atom stereocenters. The normalized spacial score (nSPS) is 10.1. The molecule has 5 nitrogen and oxygen atoms in total. The van der Waals surface area contributed by atoms with Crippen molar-refractivity contribution in [1.82, 2.24) is 4.57 Å². The number of carbonyl (C=O) groups is 2. The van der Waals surface area contributed by atoms with Crippen LogP contribution >= 0.6 is 0 Å². The van der Waals surface area contributed by atoms with E-state index in [1.54, 1.807) is 6.07 Å². The number of nitrogens with zero attached hydrogens (tertiary/aromatic N) is 1. The fourth-order valence-electron chi connectivity index (χ4n) is 1.69. The SMILES string of the molecule is O=C(O)CCC(=O)Nc1cccc(-n2cccc2)c1. The summed E-state index contributed by atoms with van der Waals surface area (Å²) in [5, 5.41) is 11.2. The number of amides is 1. The molecule has 2 rings (SSSR count). The smallest absolute Gasteiger partial charge is 0.303 e. The number of carboxylic acid groups (broad SMARTS) is 1. The van der Waals surface area contributed by atoms with E-state index in [1.165, 1.54) is 0 Å². The monoisotopic (exact) mass is 258 g/mol. The average molecular weight is 258 g/mol. The molecule has 0 aliphatic heterocycles. The van der Waals surface area contributed by atoms with E-state index in [-0.39, 0.29) is 18.7 Å². The Kier molecular flexibility index (Phi) is 3.97. The Morgan fingerprint density at radius 3 is 2.53 bits per heavy atom. The van der Waals surface area contributed by atoms with E-state index in [2.05, 4.69) is 5.32 Å². The van der Waals surface area contributed by atoms with Crippen LogP contribution in [-0.2, 0) is 9.59 Å². The summed E-state index contributed by atoms with van der Waals surface area (Å²) in [4.78, 5) is 21.9. The Morgan fingerprint density at radius 1 is 1.11 bits per heavy atom. The minimum Gasteiger partial charge on any atom is -0.481 e. The number of nitrogens with one attached hydrogen (secondary N) is 1. The number of aromatic nitrogens is 1. The number of rotatable bonds is 5. The van der Waals surface area contributed by atoms with Crippen molar-refractivity contribution >= 4 is 17.6 Å². The molecule has 0 radical (unpaired) electrons. The van der Waals surface area contributed by atoms with Crippen LogP contribution in [0.2, 0.25) is 0 Å². The van der Waals surface area contributed by atoms with E-state index < -0.39 is 5.97 Å². The highest BCUT2D eigenvalue weighted by molar-refractivity contribution is 5.92. The number of hydrogen-bond acceptors (Lipinski definition) is 2. The van der Waals surface area contributed by atoms with Gasteiger partial charge in [0.15, 0.2) is 0 Å². The van der Waals surface area contributed by atoms with E-state index in [0.717, 1.165) is 5.69 Å². The molecule has 0 bridgehead atoms. The van der Waals surface area contributed by atoms with Gasteiger partial charge < -0.3 is 15.0 Å². The van der Waals surface area contributed by atoms with Crippen molar-refractivity contribution in [2.24, 2.45) is 0 Å². The molecule has 19 heavy (non-hydrogen) atoms. The van der Waals surface area contributed by atoms with Gasteiger partial charge in [0.2, 0.25) is 5.91 Å². The van der Waals surface area contributed by atoms with Gasteiger partial charge in [0.1, 0.15) is 0 Å². The summed E-state index contributed by atoms with van der Waals surface area (Å²) >= 11 is 0. The van der Waals surface area contributed by atoms with Crippen LogP contribution in [-0.4, -0.2) is 21.6 Å². The molecule has 1 heterocycles. The summed E-state index contributed by atoms with van der Waals surface area (Å²) in [5.41, 5.74) is 1.59. The first-order valence-electron chi connectivity index (χ1n) is 5.90. The molecule has 0 fully saturated rings. The number of carbonyl (C=O) groups excluding carboxylic acids is 1. The van der Waals surface area contributed by atoms with Crippen LogP contribution in [0.1, 0.15) is 12.8 Å². The Labute approximate surface area is 110 Å². The lowest BCUT2D eigenvalue weighted by atomic mass is 10.2. The molecule has 1 aromatic carbocycles. The van der Waals surface area contributed by atoms with Crippen LogP contribution in [0.3, 0.4) is 0 Å². The third-order valence-electron chi connectivity index (χ3n) is 2.60. The van der Waals surface area contributed by atoms with Crippen molar-refractivity contribution in [1.29, 1.82) is 0 Å². The zero-order valence-electron chi connectivity index (χ0n) is 10.2. The van der Waals surface area contributed by atoms with Gasteiger partial charge in [-0.3, -0.25) is 9.59 Å². The van der Waals surface area contributed by atoms with Gasteiger partial charge >= 0.3 is 5.97 Å².